The van der Waals surface area contributed by atoms with Crippen LogP contribution in [0.2, 0.25) is 5.28 Å². The highest BCUT2D eigenvalue weighted by molar-refractivity contribution is 7.84. The Morgan fingerprint density at radius 2 is 2.00 bits per heavy atom. The van der Waals surface area contributed by atoms with Crippen molar-refractivity contribution in [3.8, 4) is 0 Å². The first-order valence-electron chi connectivity index (χ1n) is 5.34. The number of hydrogen-bond acceptors (Lipinski definition) is 3. The molecule has 2 unspecified atom stereocenters. The highest BCUT2D eigenvalue weighted by Crippen LogP contribution is 2.17. The van der Waals surface area contributed by atoms with E-state index in [2.05, 4.69) is 24.0 Å². The minimum Gasteiger partial charge on any atom is -0.302 e. The van der Waals surface area contributed by atoms with Crippen molar-refractivity contribution in [2.24, 2.45) is 0 Å². The van der Waals surface area contributed by atoms with E-state index in [0.717, 1.165) is 18.8 Å². The molecular weight excluding hydrogens is 246 g/mol. The van der Waals surface area contributed by atoms with E-state index in [4.69, 9.17) is 11.6 Å². The highest BCUT2D eigenvalue weighted by atomic mass is 35.5. The molecule has 2 atom stereocenters. The summed E-state index contributed by atoms with van der Waals surface area (Å²) >= 11 is 5.97. The lowest BCUT2D eigenvalue weighted by Crippen LogP contribution is -2.14. The number of halogens is 1. The Kier molecular flexibility index (Phi) is 4.92. The second kappa shape index (κ2) is 5.77. The van der Waals surface area contributed by atoms with Crippen molar-refractivity contribution in [3.05, 3.63) is 11.1 Å². The molecule has 92 valence electrons. The van der Waals surface area contributed by atoms with Gasteiger partial charge in [-0.2, -0.15) is 0 Å². The molecule has 0 spiro atoms. The van der Waals surface area contributed by atoms with Crippen molar-refractivity contribution < 1.29 is 4.21 Å². The SMILES string of the molecule is CC(C)c1nnc(Cl)n1CCC(C)S(C)=O. The van der Waals surface area contributed by atoms with Gasteiger partial charge in [0.25, 0.3) is 0 Å². The van der Waals surface area contributed by atoms with Gasteiger partial charge in [-0.25, -0.2) is 0 Å². The lowest BCUT2D eigenvalue weighted by molar-refractivity contribution is 0.580. The zero-order chi connectivity index (χ0) is 12.3. The molecule has 0 radical (unpaired) electrons. The first-order chi connectivity index (χ1) is 7.43. The van der Waals surface area contributed by atoms with Crippen molar-refractivity contribution in [2.75, 3.05) is 6.26 Å². The molecule has 6 heteroatoms. The largest absolute Gasteiger partial charge is 0.302 e. The van der Waals surface area contributed by atoms with Gasteiger partial charge in [0.15, 0.2) is 0 Å². The van der Waals surface area contributed by atoms with Crippen molar-refractivity contribution in [3.63, 3.8) is 0 Å². The number of nitrogens with zero attached hydrogens (tertiary/aromatic N) is 3. The maximum absolute atomic E-state index is 11.2. The minimum absolute atomic E-state index is 0.165. The maximum Gasteiger partial charge on any atom is 0.225 e. The van der Waals surface area contributed by atoms with E-state index in [9.17, 15) is 4.21 Å². The van der Waals surface area contributed by atoms with E-state index in [1.807, 2.05) is 11.5 Å². The molecule has 0 saturated heterocycles. The summed E-state index contributed by atoms with van der Waals surface area (Å²) in [6.07, 6.45) is 2.54. The van der Waals surface area contributed by atoms with E-state index >= 15 is 0 Å². The van der Waals surface area contributed by atoms with Crippen LogP contribution in [-0.2, 0) is 17.3 Å². The molecule has 0 aliphatic heterocycles. The van der Waals surface area contributed by atoms with E-state index in [0.29, 0.717) is 11.2 Å². The Balaban J connectivity index is 2.73. The Bertz CT molecular complexity index is 378. The van der Waals surface area contributed by atoms with Crippen molar-refractivity contribution in [2.45, 2.75) is 44.9 Å². The number of rotatable bonds is 5. The third-order valence-corrected chi connectivity index (χ3v) is 4.23. The molecule has 0 aromatic carbocycles. The quantitative estimate of drug-likeness (QED) is 0.818. The molecule has 1 heterocycles. The van der Waals surface area contributed by atoms with Crippen LogP contribution in [0, 0.1) is 0 Å². The Hall–Kier alpha value is -0.420. The van der Waals surface area contributed by atoms with Gasteiger partial charge in [0.1, 0.15) is 5.82 Å². The molecule has 1 aromatic heterocycles. The molecule has 16 heavy (non-hydrogen) atoms. The predicted octanol–water partition coefficient (Wildman–Crippen LogP) is 2.21. The van der Waals surface area contributed by atoms with Crippen LogP contribution in [0.15, 0.2) is 0 Å². The molecule has 0 saturated carbocycles. The average molecular weight is 264 g/mol. The topological polar surface area (TPSA) is 47.8 Å². The Morgan fingerprint density at radius 1 is 1.38 bits per heavy atom. The third kappa shape index (κ3) is 3.28. The number of hydrogen-bond donors (Lipinski definition) is 0. The van der Waals surface area contributed by atoms with Crippen LogP contribution >= 0.6 is 11.6 Å². The van der Waals surface area contributed by atoms with Crippen LogP contribution in [-0.4, -0.2) is 30.5 Å². The minimum atomic E-state index is -0.793. The molecule has 4 nitrogen and oxygen atoms in total. The first kappa shape index (κ1) is 13.6. The first-order valence-corrected chi connectivity index (χ1v) is 7.34. The lowest BCUT2D eigenvalue weighted by atomic mass is 10.2. The third-order valence-electron chi connectivity index (χ3n) is 2.58. The normalized spacial score (nSPS) is 15.4. The van der Waals surface area contributed by atoms with Crippen LogP contribution in [0.25, 0.3) is 0 Å². The van der Waals surface area contributed by atoms with Gasteiger partial charge in [-0.05, 0) is 18.0 Å². The van der Waals surface area contributed by atoms with Gasteiger partial charge >= 0.3 is 0 Å². The van der Waals surface area contributed by atoms with Gasteiger partial charge in [0.2, 0.25) is 5.28 Å². The van der Waals surface area contributed by atoms with Gasteiger partial charge in [-0.15, -0.1) is 10.2 Å². The fourth-order valence-corrected chi connectivity index (χ4v) is 2.05. The molecule has 0 bridgehead atoms. The van der Waals surface area contributed by atoms with E-state index in [1.54, 1.807) is 6.26 Å². The summed E-state index contributed by atoms with van der Waals surface area (Å²) in [7, 11) is -0.793. The zero-order valence-electron chi connectivity index (χ0n) is 10.1. The summed E-state index contributed by atoms with van der Waals surface area (Å²) in [6, 6.07) is 0. The lowest BCUT2D eigenvalue weighted by Gasteiger charge is -2.12. The van der Waals surface area contributed by atoms with Gasteiger partial charge in [-0.1, -0.05) is 20.8 Å². The van der Waals surface area contributed by atoms with Crippen molar-refractivity contribution >= 4 is 22.4 Å². The molecule has 1 aromatic rings. The summed E-state index contributed by atoms with van der Waals surface area (Å²) in [6.45, 7) is 6.81. The van der Waals surface area contributed by atoms with Crippen LogP contribution in [0.5, 0.6) is 0 Å². The van der Waals surface area contributed by atoms with Crippen molar-refractivity contribution in [1.29, 1.82) is 0 Å². The van der Waals surface area contributed by atoms with Crippen LogP contribution in [0.4, 0.5) is 0 Å². The average Bonchev–Trinajstić information content (AvgIpc) is 2.56. The van der Waals surface area contributed by atoms with Gasteiger partial charge in [-0.3, -0.25) is 4.21 Å². The molecule has 0 aliphatic rings. The fourth-order valence-electron chi connectivity index (χ4n) is 1.41. The van der Waals surface area contributed by atoms with Gasteiger partial charge in [0.05, 0.1) is 0 Å². The summed E-state index contributed by atoms with van der Waals surface area (Å²) in [4.78, 5) is 0. The summed E-state index contributed by atoms with van der Waals surface area (Å²) < 4.78 is 13.1. The Morgan fingerprint density at radius 3 is 2.50 bits per heavy atom. The molecule has 0 amide bonds. The molecular formula is C10H18ClN3OS. The van der Waals surface area contributed by atoms with E-state index < -0.39 is 10.8 Å². The van der Waals surface area contributed by atoms with E-state index in [1.165, 1.54) is 0 Å². The fraction of sp³-hybridized carbons (Fsp3) is 0.800. The summed E-state index contributed by atoms with van der Waals surface area (Å²) in [5.74, 6) is 1.18. The molecule has 0 N–H and O–H groups in total. The van der Waals surface area contributed by atoms with Crippen LogP contribution in [0.3, 0.4) is 0 Å². The summed E-state index contributed by atoms with van der Waals surface area (Å²) in [5, 5.41) is 8.49. The number of aromatic nitrogens is 3. The van der Waals surface area contributed by atoms with Crippen LogP contribution < -0.4 is 0 Å². The van der Waals surface area contributed by atoms with E-state index in [-0.39, 0.29) is 5.25 Å². The van der Waals surface area contributed by atoms with Gasteiger partial charge in [0, 0.05) is 34.8 Å². The highest BCUT2D eigenvalue weighted by Gasteiger charge is 2.15. The standard InChI is InChI=1S/C10H18ClN3OS/c1-7(2)9-12-13-10(11)14(9)6-5-8(3)16(4)15/h7-8H,5-6H2,1-4H3. The summed E-state index contributed by atoms with van der Waals surface area (Å²) in [5.41, 5.74) is 0. The monoisotopic (exact) mass is 263 g/mol. The molecule has 1 rings (SSSR count). The Labute approximate surface area is 104 Å². The second-order valence-electron chi connectivity index (χ2n) is 4.23. The molecule has 0 aliphatic carbocycles. The van der Waals surface area contributed by atoms with Crippen LogP contribution in [0.1, 0.15) is 38.9 Å². The zero-order valence-corrected chi connectivity index (χ0v) is 11.7. The maximum atomic E-state index is 11.2. The predicted molar refractivity (Wildman–Crippen MR) is 67.3 cm³/mol. The van der Waals surface area contributed by atoms with Gasteiger partial charge < -0.3 is 4.57 Å². The molecule has 0 fully saturated rings. The smallest absolute Gasteiger partial charge is 0.225 e. The van der Waals surface area contributed by atoms with Crippen molar-refractivity contribution in [1.82, 2.24) is 14.8 Å². The second-order valence-corrected chi connectivity index (χ2v) is 6.37.